The van der Waals surface area contributed by atoms with Gasteiger partial charge in [-0.25, -0.2) is 9.59 Å². The number of hydrogen-bond acceptors (Lipinski definition) is 4. The van der Waals surface area contributed by atoms with Crippen LogP contribution >= 0.6 is 23.2 Å². The molecule has 0 unspecified atom stereocenters. The Morgan fingerprint density at radius 1 is 1.33 bits per heavy atom. The number of carboxylic acids is 1. The maximum Gasteiger partial charge on any atom is 0.364 e. The van der Waals surface area contributed by atoms with E-state index in [1.165, 1.54) is 16.8 Å². The summed E-state index contributed by atoms with van der Waals surface area (Å²) in [5.74, 6) is -1.16. The highest BCUT2D eigenvalue weighted by molar-refractivity contribution is 6.37. The molecule has 7 nitrogen and oxygen atoms in total. The highest BCUT2D eigenvalue weighted by Crippen LogP contribution is 2.32. The summed E-state index contributed by atoms with van der Waals surface area (Å²) in [6, 6.07) is 2.87. The van der Waals surface area contributed by atoms with Crippen molar-refractivity contribution in [2.45, 2.75) is 25.4 Å². The topological polar surface area (TPSA) is 90.0 Å². The normalized spacial score (nSPS) is 14.4. The van der Waals surface area contributed by atoms with E-state index in [0.29, 0.717) is 5.56 Å². The molecule has 0 amide bonds. The second-order valence-electron chi connectivity index (χ2n) is 4.79. The number of tetrazole rings is 1. The molecule has 0 atom stereocenters. The lowest BCUT2D eigenvalue weighted by molar-refractivity contribution is 0.0697. The van der Waals surface area contributed by atoms with Crippen LogP contribution in [0.2, 0.25) is 10.0 Å². The molecule has 1 heterocycles. The van der Waals surface area contributed by atoms with Crippen molar-refractivity contribution in [2.75, 3.05) is 0 Å². The van der Waals surface area contributed by atoms with Crippen LogP contribution in [0.1, 0.15) is 34.8 Å². The van der Waals surface area contributed by atoms with Gasteiger partial charge in [-0.2, -0.15) is 9.36 Å². The van der Waals surface area contributed by atoms with Gasteiger partial charge in [0.25, 0.3) is 0 Å². The third-order valence-corrected chi connectivity index (χ3v) is 4.06. The lowest BCUT2D eigenvalue weighted by Crippen LogP contribution is -2.25. The van der Waals surface area contributed by atoms with Crippen molar-refractivity contribution in [3.05, 3.63) is 43.8 Å². The first-order valence-corrected chi connectivity index (χ1v) is 6.97. The number of hydrogen-bond donors (Lipinski definition) is 1. The van der Waals surface area contributed by atoms with Crippen LogP contribution in [0.5, 0.6) is 0 Å². The van der Waals surface area contributed by atoms with Crippen LogP contribution < -0.4 is 5.69 Å². The number of aromatic carboxylic acids is 1. The molecule has 1 aromatic carbocycles. The standard InChI is InChI=1S/C12H10Cl2N4O3/c13-9-4-3-7(11(19)20)10(14)8(9)5-17-12(21)18(16-15-17)6-1-2-6/h3-4,6H,1-2,5H2,(H,19,20). The van der Waals surface area contributed by atoms with E-state index in [1.54, 1.807) is 0 Å². The Bertz CT molecular complexity index is 779. The molecule has 1 aromatic heterocycles. The lowest BCUT2D eigenvalue weighted by atomic mass is 10.1. The molecular weight excluding hydrogens is 319 g/mol. The molecule has 0 bridgehead atoms. The minimum Gasteiger partial charge on any atom is -0.478 e. The van der Waals surface area contributed by atoms with Gasteiger partial charge in [-0.05, 0) is 35.4 Å². The average molecular weight is 329 g/mol. The van der Waals surface area contributed by atoms with Crippen LogP contribution in [0.25, 0.3) is 0 Å². The van der Waals surface area contributed by atoms with Crippen molar-refractivity contribution in [2.24, 2.45) is 0 Å². The molecule has 110 valence electrons. The second kappa shape index (κ2) is 5.16. The van der Waals surface area contributed by atoms with E-state index in [2.05, 4.69) is 10.4 Å². The van der Waals surface area contributed by atoms with Gasteiger partial charge in [0, 0.05) is 10.6 Å². The van der Waals surface area contributed by atoms with Gasteiger partial charge in [0.2, 0.25) is 0 Å². The van der Waals surface area contributed by atoms with Crippen molar-refractivity contribution in [1.82, 2.24) is 19.8 Å². The summed E-state index contributed by atoms with van der Waals surface area (Å²) in [6.07, 6.45) is 1.82. The van der Waals surface area contributed by atoms with Crippen molar-refractivity contribution < 1.29 is 9.90 Å². The summed E-state index contributed by atoms with van der Waals surface area (Å²) in [7, 11) is 0. The van der Waals surface area contributed by atoms with Crippen LogP contribution in [0.15, 0.2) is 16.9 Å². The van der Waals surface area contributed by atoms with Gasteiger partial charge in [0.15, 0.2) is 0 Å². The van der Waals surface area contributed by atoms with Crippen LogP contribution in [-0.4, -0.2) is 30.9 Å². The number of benzene rings is 1. The summed E-state index contributed by atoms with van der Waals surface area (Å²) in [5, 5.41) is 16.9. The van der Waals surface area contributed by atoms with E-state index in [-0.39, 0.29) is 33.9 Å². The van der Waals surface area contributed by atoms with E-state index in [0.717, 1.165) is 17.5 Å². The van der Waals surface area contributed by atoms with E-state index in [1.807, 2.05) is 0 Å². The molecule has 21 heavy (non-hydrogen) atoms. The Morgan fingerprint density at radius 2 is 2.05 bits per heavy atom. The number of carbonyl (C=O) groups is 1. The van der Waals surface area contributed by atoms with Crippen LogP contribution in [-0.2, 0) is 6.54 Å². The maximum atomic E-state index is 12.1. The highest BCUT2D eigenvalue weighted by Gasteiger charge is 2.28. The Morgan fingerprint density at radius 3 is 2.67 bits per heavy atom. The number of nitrogens with zero attached hydrogens (tertiary/aromatic N) is 4. The number of carboxylic acid groups (broad SMARTS) is 1. The van der Waals surface area contributed by atoms with Gasteiger partial charge in [-0.15, -0.1) is 0 Å². The summed E-state index contributed by atoms with van der Waals surface area (Å²) in [5.41, 5.74) is -0.0905. The quantitative estimate of drug-likeness (QED) is 0.924. The van der Waals surface area contributed by atoms with Crippen LogP contribution in [0, 0.1) is 0 Å². The molecule has 1 saturated carbocycles. The molecular formula is C12H10Cl2N4O3. The minimum absolute atomic E-state index is 0.00266. The average Bonchev–Trinajstić information content (AvgIpc) is 3.20. The van der Waals surface area contributed by atoms with Gasteiger partial charge in [-0.3, -0.25) is 0 Å². The van der Waals surface area contributed by atoms with Crippen molar-refractivity contribution in [3.8, 4) is 0 Å². The molecule has 2 aromatic rings. The zero-order chi connectivity index (χ0) is 15.1. The van der Waals surface area contributed by atoms with Crippen molar-refractivity contribution >= 4 is 29.2 Å². The molecule has 9 heteroatoms. The Labute approximate surface area is 128 Å². The fourth-order valence-electron chi connectivity index (χ4n) is 1.99. The predicted molar refractivity (Wildman–Crippen MR) is 75.1 cm³/mol. The molecule has 1 aliphatic carbocycles. The van der Waals surface area contributed by atoms with E-state index < -0.39 is 5.97 Å². The van der Waals surface area contributed by atoms with Gasteiger partial charge in [-0.1, -0.05) is 23.2 Å². The summed E-state index contributed by atoms with van der Waals surface area (Å²) in [6.45, 7) is -0.0235. The smallest absolute Gasteiger partial charge is 0.364 e. The Balaban J connectivity index is 2.00. The van der Waals surface area contributed by atoms with Crippen molar-refractivity contribution in [3.63, 3.8) is 0 Å². The predicted octanol–water partition coefficient (Wildman–Crippen LogP) is 1.83. The molecule has 0 radical (unpaired) electrons. The van der Waals surface area contributed by atoms with E-state index >= 15 is 0 Å². The molecule has 1 N–H and O–H groups in total. The van der Waals surface area contributed by atoms with Crippen LogP contribution in [0.4, 0.5) is 0 Å². The molecule has 0 saturated heterocycles. The zero-order valence-corrected chi connectivity index (χ0v) is 12.2. The monoisotopic (exact) mass is 328 g/mol. The molecule has 0 spiro atoms. The first kappa shape index (κ1) is 14.1. The fourth-order valence-corrected chi connectivity index (χ4v) is 2.56. The fraction of sp³-hybridized carbons (Fsp3) is 0.333. The van der Waals surface area contributed by atoms with Crippen molar-refractivity contribution in [1.29, 1.82) is 0 Å². The van der Waals surface area contributed by atoms with Gasteiger partial charge >= 0.3 is 11.7 Å². The molecule has 1 aliphatic rings. The molecule has 0 aliphatic heterocycles. The summed E-state index contributed by atoms with van der Waals surface area (Å²) >= 11 is 12.1. The lowest BCUT2D eigenvalue weighted by Gasteiger charge is -2.08. The largest absolute Gasteiger partial charge is 0.478 e. The molecule has 1 fully saturated rings. The first-order valence-electron chi connectivity index (χ1n) is 6.21. The zero-order valence-electron chi connectivity index (χ0n) is 10.7. The first-order chi connectivity index (χ1) is 9.99. The Hall–Kier alpha value is -1.86. The number of aromatic nitrogens is 4. The highest BCUT2D eigenvalue weighted by atomic mass is 35.5. The van der Waals surface area contributed by atoms with Gasteiger partial charge in [0.1, 0.15) is 0 Å². The summed E-state index contributed by atoms with van der Waals surface area (Å²) in [4.78, 5) is 23.2. The maximum absolute atomic E-state index is 12.1. The van der Waals surface area contributed by atoms with Crippen LogP contribution in [0.3, 0.4) is 0 Å². The van der Waals surface area contributed by atoms with E-state index in [9.17, 15) is 9.59 Å². The number of rotatable bonds is 4. The van der Waals surface area contributed by atoms with Gasteiger partial charge in [0.05, 0.1) is 23.2 Å². The third kappa shape index (κ3) is 2.54. The van der Waals surface area contributed by atoms with E-state index in [4.69, 9.17) is 28.3 Å². The SMILES string of the molecule is O=C(O)c1ccc(Cl)c(Cn2nnn(C3CC3)c2=O)c1Cl. The third-order valence-electron chi connectivity index (χ3n) is 3.28. The van der Waals surface area contributed by atoms with Gasteiger partial charge < -0.3 is 5.11 Å². The molecule has 3 rings (SSSR count). The second-order valence-corrected chi connectivity index (χ2v) is 5.57. The number of halogens is 2. The Kier molecular flexibility index (Phi) is 3.46. The summed E-state index contributed by atoms with van der Waals surface area (Å²) < 4.78 is 2.44. The minimum atomic E-state index is -1.16.